The molecule has 168 valence electrons. The van der Waals surface area contributed by atoms with E-state index in [4.69, 9.17) is 4.74 Å². The van der Waals surface area contributed by atoms with Crippen LogP contribution in [0.3, 0.4) is 0 Å². The highest BCUT2D eigenvalue weighted by molar-refractivity contribution is 7.92. The number of para-hydroxylation sites is 1. The molecular weight excluding hydrogens is 426 g/mol. The van der Waals surface area contributed by atoms with Crippen LogP contribution in [0.1, 0.15) is 11.1 Å². The van der Waals surface area contributed by atoms with Gasteiger partial charge in [-0.05, 0) is 49.2 Å². The van der Waals surface area contributed by atoms with E-state index < -0.39 is 10.0 Å². The highest BCUT2D eigenvalue weighted by atomic mass is 32.2. The Bertz CT molecular complexity index is 1180. The molecule has 0 radical (unpaired) electrons. The van der Waals surface area contributed by atoms with E-state index >= 15 is 0 Å². The zero-order valence-corrected chi connectivity index (χ0v) is 19.3. The first-order valence-corrected chi connectivity index (χ1v) is 11.9. The van der Waals surface area contributed by atoms with Gasteiger partial charge in [-0.15, -0.1) is 0 Å². The van der Waals surface area contributed by atoms with Gasteiger partial charge in [-0.2, -0.15) is 0 Å². The molecule has 0 amide bonds. The van der Waals surface area contributed by atoms with Crippen molar-refractivity contribution in [2.45, 2.75) is 18.7 Å². The second-order valence-electron chi connectivity index (χ2n) is 7.70. The average molecular weight is 454 g/mol. The summed E-state index contributed by atoms with van der Waals surface area (Å²) < 4.78 is 33.7. The normalized spacial score (nSPS) is 14.3. The molecule has 0 spiro atoms. The Morgan fingerprint density at radius 3 is 2.12 bits per heavy atom. The number of hydrogen-bond donors (Lipinski definition) is 1. The van der Waals surface area contributed by atoms with Gasteiger partial charge >= 0.3 is 0 Å². The van der Waals surface area contributed by atoms with Gasteiger partial charge in [0, 0.05) is 31.9 Å². The zero-order chi connectivity index (χ0) is 22.7. The van der Waals surface area contributed by atoms with Gasteiger partial charge in [-0.3, -0.25) is 4.72 Å². The third-order valence-corrected chi connectivity index (χ3v) is 7.30. The van der Waals surface area contributed by atoms with Crippen LogP contribution in [0.4, 0.5) is 17.3 Å². The summed E-state index contributed by atoms with van der Waals surface area (Å²) in [5.74, 6) is 1.25. The number of nitrogens with zero attached hydrogens (tertiary/aromatic N) is 4. The van der Waals surface area contributed by atoms with E-state index in [2.05, 4.69) is 36.6 Å². The fraction of sp³-hybridized carbons (Fsp3) is 0.304. The number of rotatable bonds is 6. The van der Waals surface area contributed by atoms with Crippen LogP contribution in [0.15, 0.2) is 59.8 Å². The lowest BCUT2D eigenvalue weighted by Gasteiger charge is -2.36. The van der Waals surface area contributed by atoms with Crippen molar-refractivity contribution in [3.05, 3.63) is 66.0 Å². The first-order chi connectivity index (χ1) is 15.4. The van der Waals surface area contributed by atoms with E-state index in [1.807, 2.05) is 25.1 Å². The van der Waals surface area contributed by atoms with Crippen molar-refractivity contribution >= 4 is 27.3 Å². The molecule has 2 aromatic carbocycles. The number of ether oxygens (including phenoxy) is 1. The summed E-state index contributed by atoms with van der Waals surface area (Å²) in [4.78, 5) is 13.4. The van der Waals surface area contributed by atoms with Crippen LogP contribution < -0.4 is 19.3 Å². The molecule has 1 saturated heterocycles. The molecule has 0 unspecified atom stereocenters. The number of sulfonamides is 1. The van der Waals surface area contributed by atoms with Crippen molar-refractivity contribution in [3.63, 3.8) is 0 Å². The minimum Gasteiger partial charge on any atom is -0.496 e. The van der Waals surface area contributed by atoms with Gasteiger partial charge in [0.1, 0.15) is 5.75 Å². The first kappa shape index (κ1) is 21.9. The maximum atomic E-state index is 12.9. The molecule has 1 fully saturated rings. The summed E-state index contributed by atoms with van der Waals surface area (Å²) in [5.41, 5.74) is 2.97. The molecule has 0 bridgehead atoms. The molecule has 1 aliphatic rings. The van der Waals surface area contributed by atoms with Crippen LogP contribution in [0.5, 0.6) is 5.75 Å². The number of piperazine rings is 1. The number of nitrogens with one attached hydrogen (secondary N) is 1. The van der Waals surface area contributed by atoms with Gasteiger partial charge in [0.15, 0.2) is 0 Å². The second-order valence-corrected chi connectivity index (χ2v) is 9.35. The number of methoxy groups -OCH3 is 1. The summed E-state index contributed by atoms with van der Waals surface area (Å²) in [6, 6.07) is 13.5. The second kappa shape index (κ2) is 9.04. The summed E-state index contributed by atoms with van der Waals surface area (Å²) in [7, 11) is -2.21. The standard InChI is InChI=1S/C23H27N5O3S/c1-17-18(2)22(10-9-21(17)31-3)32(29,30)26-19-15-24-23(25-16-19)28-13-11-27(12-14-28)20-7-5-4-6-8-20/h4-10,15-16,26H,11-14H2,1-3H3. The molecule has 4 rings (SSSR count). The highest BCUT2D eigenvalue weighted by Crippen LogP contribution is 2.28. The van der Waals surface area contributed by atoms with Crippen LogP contribution in [0.25, 0.3) is 0 Å². The van der Waals surface area contributed by atoms with Crippen molar-refractivity contribution in [3.8, 4) is 5.75 Å². The van der Waals surface area contributed by atoms with Crippen LogP contribution in [0, 0.1) is 13.8 Å². The van der Waals surface area contributed by atoms with Gasteiger partial charge in [-0.25, -0.2) is 18.4 Å². The van der Waals surface area contributed by atoms with E-state index in [9.17, 15) is 8.42 Å². The third kappa shape index (κ3) is 4.47. The molecule has 1 N–H and O–H groups in total. The minimum absolute atomic E-state index is 0.205. The molecular formula is C23H27N5O3S. The third-order valence-electron chi connectivity index (χ3n) is 5.77. The van der Waals surface area contributed by atoms with E-state index in [-0.39, 0.29) is 4.90 Å². The SMILES string of the molecule is COc1ccc(S(=O)(=O)Nc2cnc(N3CCN(c4ccccc4)CC3)nc2)c(C)c1C. The zero-order valence-electron chi connectivity index (χ0n) is 18.4. The van der Waals surface area contributed by atoms with E-state index in [1.165, 1.54) is 18.1 Å². The number of anilines is 3. The number of aromatic nitrogens is 2. The summed E-state index contributed by atoms with van der Waals surface area (Å²) >= 11 is 0. The first-order valence-electron chi connectivity index (χ1n) is 10.4. The monoisotopic (exact) mass is 453 g/mol. The lowest BCUT2D eigenvalue weighted by molar-refractivity contribution is 0.411. The van der Waals surface area contributed by atoms with Crippen molar-refractivity contribution in [1.82, 2.24) is 9.97 Å². The van der Waals surface area contributed by atoms with Crippen LogP contribution in [0.2, 0.25) is 0 Å². The Balaban J connectivity index is 1.43. The van der Waals surface area contributed by atoms with Crippen LogP contribution in [-0.4, -0.2) is 51.7 Å². The molecule has 3 aromatic rings. The summed E-state index contributed by atoms with van der Waals surface area (Å²) in [6.45, 7) is 6.94. The smallest absolute Gasteiger partial charge is 0.262 e. The van der Waals surface area contributed by atoms with Gasteiger partial charge < -0.3 is 14.5 Å². The Hall–Kier alpha value is -3.33. The van der Waals surface area contributed by atoms with Gasteiger partial charge in [0.05, 0.1) is 30.1 Å². The fourth-order valence-electron chi connectivity index (χ4n) is 3.83. The Morgan fingerprint density at radius 2 is 1.50 bits per heavy atom. The lowest BCUT2D eigenvalue weighted by Crippen LogP contribution is -2.47. The number of hydrogen-bond acceptors (Lipinski definition) is 7. The maximum Gasteiger partial charge on any atom is 0.262 e. The van der Waals surface area contributed by atoms with Gasteiger partial charge in [-0.1, -0.05) is 18.2 Å². The molecule has 0 saturated carbocycles. The quantitative estimate of drug-likeness (QED) is 0.613. The molecule has 1 aromatic heterocycles. The molecule has 1 aliphatic heterocycles. The summed E-state index contributed by atoms with van der Waals surface area (Å²) in [5, 5.41) is 0. The highest BCUT2D eigenvalue weighted by Gasteiger charge is 2.22. The fourth-order valence-corrected chi connectivity index (χ4v) is 5.16. The molecule has 2 heterocycles. The predicted molar refractivity (Wildman–Crippen MR) is 126 cm³/mol. The molecule has 9 heteroatoms. The summed E-state index contributed by atoms with van der Waals surface area (Å²) in [6.07, 6.45) is 3.02. The molecule has 32 heavy (non-hydrogen) atoms. The van der Waals surface area contributed by atoms with Crippen molar-refractivity contribution < 1.29 is 13.2 Å². The largest absolute Gasteiger partial charge is 0.496 e. The van der Waals surface area contributed by atoms with Gasteiger partial charge in [0.25, 0.3) is 10.0 Å². The average Bonchev–Trinajstić information content (AvgIpc) is 2.81. The topological polar surface area (TPSA) is 87.7 Å². The van der Waals surface area contributed by atoms with E-state index in [0.717, 1.165) is 31.7 Å². The van der Waals surface area contributed by atoms with Crippen molar-refractivity contribution in [2.24, 2.45) is 0 Å². The van der Waals surface area contributed by atoms with Crippen molar-refractivity contribution in [2.75, 3.05) is 47.8 Å². The van der Waals surface area contributed by atoms with Crippen LogP contribution >= 0.6 is 0 Å². The molecule has 8 nitrogen and oxygen atoms in total. The minimum atomic E-state index is -3.77. The molecule has 0 atom stereocenters. The Morgan fingerprint density at radius 1 is 0.875 bits per heavy atom. The van der Waals surface area contributed by atoms with E-state index in [1.54, 1.807) is 26.2 Å². The Labute approximate surface area is 188 Å². The predicted octanol–water partition coefficient (Wildman–Crippen LogP) is 3.23. The maximum absolute atomic E-state index is 12.9. The van der Waals surface area contributed by atoms with E-state index in [0.29, 0.717) is 22.9 Å². The van der Waals surface area contributed by atoms with Gasteiger partial charge in [0.2, 0.25) is 5.95 Å². The lowest BCUT2D eigenvalue weighted by atomic mass is 10.1. The van der Waals surface area contributed by atoms with Crippen molar-refractivity contribution in [1.29, 1.82) is 0 Å². The number of benzene rings is 2. The molecule has 0 aliphatic carbocycles. The van der Waals surface area contributed by atoms with Crippen LogP contribution in [-0.2, 0) is 10.0 Å². The Kier molecular flexibility index (Phi) is 6.18.